The van der Waals surface area contributed by atoms with Crippen molar-refractivity contribution in [1.82, 2.24) is 14.1 Å². The Bertz CT molecular complexity index is 1550. The molecule has 2 aromatic heterocycles. The van der Waals surface area contributed by atoms with Gasteiger partial charge in [-0.1, -0.05) is 24.3 Å². The van der Waals surface area contributed by atoms with Gasteiger partial charge in [-0.05, 0) is 36.2 Å². The van der Waals surface area contributed by atoms with Crippen LogP contribution in [0.3, 0.4) is 0 Å². The van der Waals surface area contributed by atoms with Crippen LogP contribution in [-0.2, 0) is 12.7 Å². The van der Waals surface area contributed by atoms with Gasteiger partial charge in [-0.3, -0.25) is 13.9 Å². The third-order valence-electron chi connectivity index (χ3n) is 6.55. The number of aromatic nitrogens is 3. The smallest absolute Gasteiger partial charge is 0.416 e. The Kier molecular flexibility index (Phi) is 5.85. The number of benzene rings is 2. The summed E-state index contributed by atoms with van der Waals surface area (Å²) >= 11 is 0. The summed E-state index contributed by atoms with van der Waals surface area (Å²) in [5.74, 6) is -0.115. The lowest BCUT2D eigenvalue weighted by molar-refractivity contribution is -0.138. The zero-order chi connectivity index (χ0) is 25.6. The molecular weight excluding hydrogens is 480 g/mol. The van der Waals surface area contributed by atoms with Crippen LogP contribution in [0.2, 0.25) is 0 Å². The molecule has 11 heteroatoms. The molecule has 0 unspecified atom stereocenters. The van der Waals surface area contributed by atoms with E-state index in [0.29, 0.717) is 24.2 Å². The largest absolute Gasteiger partial charge is 0.494 e. The van der Waals surface area contributed by atoms with Crippen molar-refractivity contribution in [3.63, 3.8) is 0 Å². The molecule has 188 valence electrons. The number of methoxy groups -OCH3 is 1. The molecule has 1 N–H and O–H groups in total. The summed E-state index contributed by atoms with van der Waals surface area (Å²) in [7, 11) is 1.44. The number of hydrogen-bond donors (Lipinski definition) is 1. The van der Waals surface area contributed by atoms with Gasteiger partial charge in [-0.2, -0.15) is 13.2 Å². The zero-order valence-electron chi connectivity index (χ0n) is 19.2. The van der Waals surface area contributed by atoms with E-state index in [9.17, 15) is 27.2 Å². The highest BCUT2D eigenvalue weighted by Gasteiger charge is 2.34. The Balaban J connectivity index is 1.59. The van der Waals surface area contributed by atoms with Gasteiger partial charge in [0.25, 0.3) is 5.56 Å². The predicted molar refractivity (Wildman–Crippen MR) is 126 cm³/mol. The van der Waals surface area contributed by atoms with Crippen LogP contribution in [0.1, 0.15) is 23.6 Å². The van der Waals surface area contributed by atoms with Gasteiger partial charge in [0.15, 0.2) is 0 Å². The molecule has 0 bridgehead atoms. The number of alkyl halides is 3. The molecule has 0 radical (unpaired) electrons. The first-order valence-electron chi connectivity index (χ1n) is 11.3. The lowest BCUT2D eigenvalue weighted by Gasteiger charge is -2.22. The number of anilines is 1. The van der Waals surface area contributed by atoms with Crippen molar-refractivity contribution in [2.75, 3.05) is 25.1 Å². The van der Waals surface area contributed by atoms with E-state index in [2.05, 4.69) is 4.98 Å². The van der Waals surface area contributed by atoms with Gasteiger partial charge in [-0.15, -0.1) is 0 Å². The van der Waals surface area contributed by atoms with Crippen molar-refractivity contribution < 1.29 is 22.3 Å². The molecule has 2 aromatic carbocycles. The number of H-pyrrole nitrogens is 1. The Hall–Kier alpha value is -4.02. The molecule has 0 spiro atoms. The van der Waals surface area contributed by atoms with Crippen LogP contribution in [0.5, 0.6) is 5.75 Å². The lowest BCUT2D eigenvalue weighted by atomic mass is 10.1. The number of hydrogen-bond acceptors (Lipinski definition) is 4. The molecule has 7 nitrogen and oxygen atoms in total. The first-order valence-corrected chi connectivity index (χ1v) is 11.3. The number of halogens is 4. The molecule has 3 heterocycles. The summed E-state index contributed by atoms with van der Waals surface area (Å²) < 4.78 is 63.2. The molecule has 0 aliphatic carbocycles. The standard InChI is InChI=1S/C25H22F4N4O3/c1-36-20-8-4-7-18(26)21(20)31-12-10-16(14-31)33-19-9-11-30-23(34)22(19)32(24(33)35)13-15-5-2-3-6-17(15)25(27,28)29/h2-9,11,16H,10,12-14H2,1H3,(H,30,34)/t16-/m1/s1. The quantitative estimate of drug-likeness (QED) is 0.416. The summed E-state index contributed by atoms with van der Waals surface area (Å²) in [6.45, 7) is 0.242. The third-order valence-corrected chi connectivity index (χ3v) is 6.55. The van der Waals surface area contributed by atoms with Crippen molar-refractivity contribution in [3.05, 3.63) is 92.5 Å². The minimum absolute atomic E-state index is 0.0126. The van der Waals surface area contributed by atoms with Crippen molar-refractivity contribution in [3.8, 4) is 5.75 Å². The molecule has 0 saturated carbocycles. The Morgan fingerprint density at radius 2 is 1.86 bits per heavy atom. The molecule has 36 heavy (non-hydrogen) atoms. The van der Waals surface area contributed by atoms with E-state index in [1.54, 1.807) is 17.0 Å². The van der Waals surface area contributed by atoms with Crippen LogP contribution in [0, 0.1) is 5.82 Å². The Labute approximate surface area is 202 Å². The van der Waals surface area contributed by atoms with E-state index >= 15 is 0 Å². The number of ether oxygens (including phenoxy) is 1. The second-order valence-electron chi connectivity index (χ2n) is 8.61. The fourth-order valence-electron chi connectivity index (χ4n) is 4.97. The minimum Gasteiger partial charge on any atom is -0.494 e. The van der Waals surface area contributed by atoms with Crippen LogP contribution in [-0.4, -0.2) is 34.3 Å². The highest BCUT2D eigenvalue weighted by molar-refractivity contribution is 5.75. The summed E-state index contributed by atoms with van der Waals surface area (Å²) in [6, 6.07) is 10.6. The number of para-hydroxylation sites is 1. The Morgan fingerprint density at radius 3 is 2.61 bits per heavy atom. The summed E-state index contributed by atoms with van der Waals surface area (Å²) in [5, 5.41) is 0. The molecule has 1 fully saturated rings. The average Bonchev–Trinajstić information content (AvgIpc) is 3.41. The molecule has 5 rings (SSSR count). The molecule has 1 atom stereocenters. The van der Waals surface area contributed by atoms with E-state index in [0.717, 1.165) is 10.6 Å². The third kappa shape index (κ3) is 3.94. The second kappa shape index (κ2) is 8.89. The van der Waals surface area contributed by atoms with Gasteiger partial charge in [-0.25, -0.2) is 9.18 Å². The van der Waals surface area contributed by atoms with Gasteiger partial charge < -0.3 is 14.6 Å². The van der Waals surface area contributed by atoms with Crippen LogP contribution in [0.15, 0.2) is 64.3 Å². The average molecular weight is 502 g/mol. The summed E-state index contributed by atoms with van der Waals surface area (Å²) in [4.78, 5) is 30.6. The predicted octanol–water partition coefficient (Wildman–Crippen LogP) is 4.16. The van der Waals surface area contributed by atoms with Gasteiger partial charge in [0.2, 0.25) is 0 Å². The van der Waals surface area contributed by atoms with Crippen molar-refractivity contribution in [2.45, 2.75) is 25.2 Å². The number of nitrogens with one attached hydrogen (secondary N) is 1. The van der Waals surface area contributed by atoms with Gasteiger partial charge >= 0.3 is 11.9 Å². The topological polar surface area (TPSA) is 72.3 Å². The Morgan fingerprint density at radius 1 is 1.08 bits per heavy atom. The van der Waals surface area contributed by atoms with E-state index in [-0.39, 0.29) is 23.3 Å². The number of imidazole rings is 1. The number of pyridine rings is 1. The SMILES string of the molecule is COc1cccc(F)c1N1CC[C@@H](n2c(=O)n(Cc3ccccc3C(F)(F)F)c3c(=O)[nH]ccc32)C1. The van der Waals surface area contributed by atoms with Crippen molar-refractivity contribution in [2.24, 2.45) is 0 Å². The first kappa shape index (κ1) is 23.7. The fraction of sp³-hybridized carbons (Fsp3) is 0.280. The summed E-state index contributed by atoms with van der Waals surface area (Å²) in [6.07, 6.45) is -2.76. The van der Waals surface area contributed by atoms with Gasteiger partial charge in [0, 0.05) is 19.3 Å². The molecule has 1 saturated heterocycles. The highest BCUT2D eigenvalue weighted by atomic mass is 19.4. The number of rotatable bonds is 5. The van der Waals surface area contributed by atoms with Crippen LogP contribution in [0.4, 0.5) is 23.2 Å². The van der Waals surface area contributed by atoms with Crippen LogP contribution >= 0.6 is 0 Å². The molecule has 4 aromatic rings. The highest BCUT2D eigenvalue weighted by Crippen LogP contribution is 2.36. The second-order valence-corrected chi connectivity index (χ2v) is 8.61. The molecule has 1 aliphatic rings. The monoisotopic (exact) mass is 502 g/mol. The zero-order valence-corrected chi connectivity index (χ0v) is 19.2. The van der Waals surface area contributed by atoms with E-state index in [1.165, 1.54) is 48.2 Å². The number of fused-ring (bicyclic) bond motifs is 1. The van der Waals surface area contributed by atoms with Crippen LogP contribution in [0.25, 0.3) is 11.0 Å². The maximum atomic E-state index is 14.7. The molecule has 0 amide bonds. The normalized spacial score (nSPS) is 16.1. The maximum absolute atomic E-state index is 14.7. The van der Waals surface area contributed by atoms with Crippen LogP contribution < -0.4 is 20.9 Å². The van der Waals surface area contributed by atoms with Crippen molar-refractivity contribution >= 4 is 16.7 Å². The number of nitrogens with zero attached hydrogens (tertiary/aromatic N) is 3. The van der Waals surface area contributed by atoms with E-state index < -0.39 is 41.4 Å². The minimum atomic E-state index is -4.62. The van der Waals surface area contributed by atoms with E-state index in [1.807, 2.05) is 0 Å². The lowest BCUT2D eigenvalue weighted by Crippen LogP contribution is -2.30. The van der Waals surface area contributed by atoms with Crippen molar-refractivity contribution in [1.29, 1.82) is 0 Å². The molecular formula is C25H22F4N4O3. The molecule has 1 aliphatic heterocycles. The first-order chi connectivity index (χ1) is 17.2. The fourth-order valence-corrected chi connectivity index (χ4v) is 4.97. The van der Waals surface area contributed by atoms with Gasteiger partial charge in [0.1, 0.15) is 22.8 Å². The van der Waals surface area contributed by atoms with E-state index in [4.69, 9.17) is 4.74 Å². The summed E-state index contributed by atoms with van der Waals surface area (Å²) in [5.41, 5.74) is -1.62. The maximum Gasteiger partial charge on any atom is 0.416 e. The number of aromatic amines is 1. The van der Waals surface area contributed by atoms with Gasteiger partial charge in [0.05, 0.1) is 30.8 Å².